The van der Waals surface area contributed by atoms with Gasteiger partial charge in [-0.05, 0) is 6.42 Å². The normalized spacial score (nSPS) is 18.2. The van der Waals surface area contributed by atoms with Gasteiger partial charge in [0.1, 0.15) is 0 Å². The van der Waals surface area contributed by atoms with E-state index < -0.39 is 0 Å². The zero-order chi connectivity index (χ0) is 10.4. The highest BCUT2D eigenvalue weighted by atomic mass is 16.7. The topological polar surface area (TPSA) is 46.1 Å². The van der Waals surface area contributed by atoms with E-state index in [1.165, 1.54) is 0 Å². The number of ether oxygens (including phenoxy) is 1. The minimum Gasteiger partial charge on any atom is -0.383 e. The first-order valence-electron chi connectivity index (χ1n) is 4.93. The number of hydroxylamine groups is 2. The molecule has 0 spiro atoms. The first-order chi connectivity index (χ1) is 6.81. The summed E-state index contributed by atoms with van der Waals surface area (Å²) in [6.45, 7) is 4.41. The van der Waals surface area contributed by atoms with Crippen molar-refractivity contribution in [2.75, 3.05) is 33.9 Å². The first kappa shape index (κ1) is 11.3. The number of methoxy groups -OCH3 is 1. The van der Waals surface area contributed by atoms with Gasteiger partial charge in [0.2, 0.25) is 5.96 Å². The second-order valence-corrected chi connectivity index (χ2v) is 3.19. The molecule has 0 aromatic heterocycles. The number of guanidine groups is 1. The molecule has 5 heteroatoms. The Morgan fingerprint density at radius 1 is 1.57 bits per heavy atom. The highest BCUT2D eigenvalue weighted by molar-refractivity contribution is 5.80. The van der Waals surface area contributed by atoms with Crippen LogP contribution in [0, 0.1) is 0 Å². The molecule has 0 saturated heterocycles. The molecule has 1 aliphatic rings. The van der Waals surface area contributed by atoms with E-state index >= 15 is 0 Å². The minimum absolute atomic E-state index is 0.300. The van der Waals surface area contributed by atoms with Crippen LogP contribution in [0.2, 0.25) is 0 Å². The van der Waals surface area contributed by atoms with Crippen LogP contribution in [0.3, 0.4) is 0 Å². The summed E-state index contributed by atoms with van der Waals surface area (Å²) in [7, 11) is 3.36. The monoisotopic (exact) mass is 201 g/mol. The second-order valence-electron chi connectivity index (χ2n) is 3.19. The zero-order valence-corrected chi connectivity index (χ0v) is 9.12. The van der Waals surface area contributed by atoms with Crippen molar-refractivity contribution in [2.24, 2.45) is 4.99 Å². The van der Waals surface area contributed by atoms with Crippen LogP contribution < -0.4 is 5.32 Å². The van der Waals surface area contributed by atoms with Crippen LogP contribution in [0.1, 0.15) is 13.3 Å². The molecule has 1 atom stereocenters. The largest absolute Gasteiger partial charge is 0.383 e. The third-order valence-electron chi connectivity index (χ3n) is 2.22. The molecule has 1 heterocycles. The summed E-state index contributed by atoms with van der Waals surface area (Å²) in [5.41, 5.74) is 0. The Balaban J connectivity index is 2.41. The molecule has 1 rings (SSSR count). The molecule has 14 heavy (non-hydrogen) atoms. The van der Waals surface area contributed by atoms with E-state index in [0.717, 1.165) is 25.5 Å². The summed E-state index contributed by atoms with van der Waals surface area (Å²) in [5, 5.41) is 5.06. The van der Waals surface area contributed by atoms with Crippen LogP contribution in [0.25, 0.3) is 0 Å². The van der Waals surface area contributed by atoms with E-state index in [9.17, 15) is 0 Å². The fraction of sp³-hybridized carbons (Fsp3) is 0.889. The molecule has 0 aliphatic carbocycles. The number of hydrogen-bond donors (Lipinski definition) is 1. The van der Waals surface area contributed by atoms with Gasteiger partial charge in [0.05, 0.1) is 32.8 Å². The fourth-order valence-electron chi connectivity index (χ4n) is 1.37. The van der Waals surface area contributed by atoms with Crippen molar-refractivity contribution < 1.29 is 9.57 Å². The number of rotatable bonds is 5. The zero-order valence-electron chi connectivity index (χ0n) is 9.12. The standard InChI is InChI=1S/C9H19N3O2/c1-4-8(7-13-2)11-9-10-5-6-12(9)14-3/h8H,4-7H2,1-3H3,(H,10,11). The lowest BCUT2D eigenvalue weighted by molar-refractivity contribution is -0.0590. The van der Waals surface area contributed by atoms with E-state index in [1.807, 2.05) is 0 Å². The molecular formula is C9H19N3O2. The maximum Gasteiger partial charge on any atom is 0.218 e. The molecule has 1 N–H and O–H groups in total. The number of nitrogens with zero attached hydrogens (tertiary/aromatic N) is 2. The first-order valence-corrected chi connectivity index (χ1v) is 4.93. The molecule has 0 fully saturated rings. The third kappa shape index (κ3) is 2.85. The highest BCUT2D eigenvalue weighted by Gasteiger charge is 2.18. The van der Waals surface area contributed by atoms with E-state index in [1.54, 1.807) is 19.3 Å². The number of aliphatic imine (C=N–C) groups is 1. The SMILES string of the molecule is CCC(COC)NC1=NCCN1OC. The van der Waals surface area contributed by atoms with E-state index in [4.69, 9.17) is 9.57 Å². The Bertz CT molecular complexity index is 196. The molecule has 0 aromatic carbocycles. The summed E-state index contributed by atoms with van der Waals surface area (Å²) < 4.78 is 5.10. The van der Waals surface area contributed by atoms with Gasteiger partial charge in [-0.2, -0.15) is 0 Å². The predicted molar refractivity (Wildman–Crippen MR) is 55.1 cm³/mol. The van der Waals surface area contributed by atoms with Gasteiger partial charge >= 0.3 is 0 Å². The van der Waals surface area contributed by atoms with E-state index in [2.05, 4.69) is 17.2 Å². The Hall–Kier alpha value is -0.810. The maximum atomic E-state index is 5.15. The Labute approximate surface area is 85.0 Å². The number of nitrogens with one attached hydrogen (secondary N) is 1. The number of hydrogen-bond acceptors (Lipinski definition) is 5. The lowest BCUT2D eigenvalue weighted by atomic mass is 10.2. The van der Waals surface area contributed by atoms with Crippen LogP contribution >= 0.6 is 0 Å². The summed E-state index contributed by atoms with van der Waals surface area (Å²) >= 11 is 0. The Morgan fingerprint density at radius 3 is 2.93 bits per heavy atom. The molecule has 0 saturated carbocycles. The molecule has 1 aliphatic heterocycles. The lowest BCUT2D eigenvalue weighted by Crippen LogP contribution is -2.44. The van der Waals surface area contributed by atoms with Crippen molar-refractivity contribution in [3.05, 3.63) is 0 Å². The summed E-state index contributed by atoms with van der Waals surface area (Å²) in [6.07, 6.45) is 1.00. The van der Waals surface area contributed by atoms with Crippen molar-refractivity contribution in [3.8, 4) is 0 Å². The van der Waals surface area contributed by atoms with E-state index in [0.29, 0.717) is 12.6 Å². The lowest BCUT2D eigenvalue weighted by Gasteiger charge is -2.22. The quantitative estimate of drug-likeness (QED) is 0.692. The molecule has 0 amide bonds. The minimum atomic E-state index is 0.300. The maximum absolute atomic E-state index is 5.15. The predicted octanol–water partition coefficient (Wildman–Crippen LogP) is 0.234. The van der Waals surface area contributed by atoms with Crippen molar-refractivity contribution in [3.63, 3.8) is 0 Å². The molecule has 82 valence electrons. The van der Waals surface area contributed by atoms with Gasteiger partial charge in [0, 0.05) is 7.11 Å². The van der Waals surface area contributed by atoms with Crippen molar-refractivity contribution in [2.45, 2.75) is 19.4 Å². The van der Waals surface area contributed by atoms with Crippen LogP contribution in [-0.2, 0) is 9.57 Å². The molecule has 0 bridgehead atoms. The van der Waals surface area contributed by atoms with Crippen LogP contribution in [-0.4, -0.2) is 51.0 Å². The smallest absolute Gasteiger partial charge is 0.218 e. The van der Waals surface area contributed by atoms with Crippen LogP contribution in [0.4, 0.5) is 0 Å². The molecule has 1 unspecified atom stereocenters. The Morgan fingerprint density at radius 2 is 2.36 bits per heavy atom. The van der Waals surface area contributed by atoms with Gasteiger partial charge in [-0.3, -0.25) is 4.84 Å². The average Bonchev–Trinajstić information content (AvgIpc) is 2.64. The Kier molecular flexibility index (Phi) is 4.69. The molecule has 0 aromatic rings. The fourth-order valence-corrected chi connectivity index (χ4v) is 1.37. The van der Waals surface area contributed by atoms with Gasteiger partial charge in [0.15, 0.2) is 0 Å². The molecule has 5 nitrogen and oxygen atoms in total. The van der Waals surface area contributed by atoms with Gasteiger partial charge in [-0.25, -0.2) is 10.1 Å². The van der Waals surface area contributed by atoms with Gasteiger partial charge < -0.3 is 10.1 Å². The molecule has 0 radical (unpaired) electrons. The van der Waals surface area contributed by atoms with Crippen molar-refractivity contribution in [1.29, 1.82) is 0 Å². The second kappa shape index (κ2) is 5.82. The van der Waals surface area contributed by atoms with Gasteiger partial charge in [-0.1, -0.05) is 6.92 Å². The van der Waals surface area contributed by atoms with Gasteiger partial charge in [-0.15, -0.1) is 0 Å². The van der Waals surface area contributed by atoms with Crippen LogP contribution in [0.15, 0.2) is 4.99 Å². The van der Waals surface area contributed by atoms with E-state index in [-0.39, 0.29) is 0 Å². The third-order valence-corrected chi connectivity index (χ3v) is 2.22. The molecular weight excluding hydrogens is 182 g/mol. The van der Waals surface area contributed by atoms with Gasteiger partial charge in [0.25, 0.3) is 0 Å². The van der Waals surface area contributed by atoms with Crippen molar-refractivity contribution in [1.82, 2.24) is 10.4 Å². The van der Waals surface area contributed by atoms with Crippen molar-refractivity contribution >= 4 is 5.96 Å². The summed E-state index contributed by atoms with van der Waals surface area (Å²) in [4.78, 5) is 9.46. The van der Waals surface area contributed by atoms with Crippen LogP contribution in [0.5, 0.6) is 0 Å². The highest BCUT2D eigenvalue weighted by Crippen LogP contribution is 2.01. The summed E-state index contributed by atoms with van der Waals surface area (Å²) in [6, 6.07) is 0.300. The average molecular weight is 201 g/mol. The summed E-state index contributed by atoms with van der Waals surface area (Å²) in [5.74, 6) is 0.816.